The van der Waals surface area contributed by atoms with E-state index in [9.17, 15) is 4.79 Å². The topological polar surface area (TPSA) is 38.3 Å². The molecule has 0 unspecified atom stereocenters. The summed E-state index contributed by atoms with van der Waals surface area (Å²) in [7, 11) is 1.44. The van der Waals surface area contributed by atoms with Crippen LogP contribution >= 0.6 is 11.3 Å². The number of ether oxygens (including phenoxy) is 1. The van der Waals surface area contributed by atoms with E-state index in [0.29, 0.717) is 12.5 Å². The smallest absolute Gasteiger partial charge is 0.310 e. The maximum atomic E-state index is 11.2. The van der Waals surface area contributed by atoms with E-state index in [-0.39, 0.29) is 5.97 Å². The second-order valence-electron chi connectivity index (χ2n) is 5.63. The molecule has 0 saturated heterocycles. The summed E-state index contributed by atoms with van der Waals surface area (Å²) in [6.07, 6.45) is 7.06. The zero-order valence-corrected chi connectivity index (χ0v) is 13.3. The van der Waals surface area contributed by atoms with Crippen molar-refractivity contribution in [1.29, 1.82) is 0 Å². The molecule has 0 spiro atoms. The second kappa shape index (κ2) is 7.79. The van der Waals surface area contributed by atoms with Gasteiger partial charge in [0.2, 0.25) is 0 Å². The van der Waals surface area contributed by atoms with E-state index in [1.807, 2.05) is 6.07 Å². The summed E-state index contributed by atoms with van der Waals surface area (Å²) >= 11 is 1.71. The van der Waals surface area contributed by atoms with E-state index in [4.69, 9.17) is 4.74 Å². The van der Waals surface area contributed by atoms with Crippen LogP contribution < -0.4 is 5.32 Å². The van der Waals surface area contributed by atoms with E-state index < -0.39 is 0 Å². The van der Waals surface area contributed by atoms with Gasteiger partial charge in [-0.15, -0.1) is 11.3 Å². The predicted octanol–water partition coefficient (Wildman–Crippen LogP) is 3.52. The average Bonchev–Trinajstić information content (AvgIpc) is 2.93. The molecule has 1 fully saturated rings. The first kappa shape index (κ1) is 15.5. The van der Waals surface area contributed by atoms with Crippen molar-refractivity contribution in [2.24, 2.45) is 5.92 Å². The lowest BCUT2D eigenvalue weighted by Gasteiger charge is -2.28. The Morgan fingerprint density at radius 1 is 1.30 bits per heavy atom. The number of thiophene rings is 1. The van der Waals surface area contributed by atoms with Gasteiger partial charge in [0.25, 0.3) is 0 Å². The third-order valence-electron chi connectivity index (χ3n) is 4.25. The van der Waals surface area contributed by atoms with Crippen LogP contribution in [0.15, 0.2) is 12.1 Å². The van der Waals surface area contributed by atoms with Crippen molar-refractivity contribution in [3.8, 4) is 0 Å². The molecule has 1 aliphatic carbocycles. The maximum Gasteiger partial charge on any atom is 0.310 e. The van der Waals surface area contributed by atoms with Crippen LogP contribution in [0.25, 0.3) is 0 Å². The van der Waals surface area contributed by atoms with Crippen molar-refractivity contribution >= 4 is 17.3 Å². The SMILES string of the molecule is CCC1CCC(NCc2ccc(CC(=O)OC)s2)CC1. The summed E-state index contributed by atoms with van der Waals surface area (Å²) < 4.78 is 4.69. The molecule has 1 saturated carbocycles. The highest BCUT2D eigenvalue weighted by Gasteiger charge is 2.19. The maximum absolute atomic E-state index is 11.2. The van der Waals surface area contributed by atoms with Crippen LogP contribution in [0.2, 0.25) is 0 Å². The van der Waals surface area contributed by atoms with E-state index >= 15 is 0 Å². The van der Waals surface area contributed by atoms with Gasteiger partial charge in [0, 0.05) is 22.3 Å². The quantitative estimate of drug-likeness (QED) is 0.816. The van der Waals surface area contributed by atoms with Gasteiger partial charge in [-0.25, -0.2) is 0 Å². The first-order valence-corrected chi connectivity index (χ1v) is 8.40. The monoisotopic (exact) mass is 295 g/mol. The molecule has 112 valence electrons. The lowest BCUT2D eigenvalue weighted by molar-refractivity contribution is -0.139. The first-order valence-electron chi connectivity index (χ1n) is 7.59. The fourth-order valence-corrected chi connectivity index (χ4v) is 3.80. The minimum Gasteiger partial charge on any atom is -0.469 e. The van der Waals surface area contributed by atoms with Crippen LogP contribution in [0.5, 0.6) is 0 Å². The fraction of sp³-hybridized carbons (Fsp3) is 0.688. The molecule has 0 atom stereocenters. The van der Waals surface area contributed by atoms with Crippen LogP contribution in [0.4, 0.5) is 0 Å². The van der Waals surface area contributed by atoms with Crippen LogP contribution in [-0.4, -0.2) is 19.1 Å². The zero-order chi connectivity index (χ0) is 14.4. The third kappa shape index (κ3) is 4.60. The molecule has 3 nitrogen and oxygen atoms in total. The lowest BCUT2D eigenvalue weighted by Crippen LogP contribution is -2.32. The van der Waals surface area contributed by atoms with Crippen molar-refractivity contribution in [2.75, 3.05) is 7.11 Å². The number of rotatable bonds is 6. The Morgan fingerprint density at radius 2 is 2.00 bits per heavy atom. The summed E-state index contributed by atoms with van der Waals surface area (Å²) in [5, 5.41) is 3.66. The standard InChI is InChI=1S/C16H25NO2S/c1-3-12-4-6-13(7-5-12)17-11-15-9-8-14(20-15)10-16(18)19-2/h8-9,12-13,17H,3-7,10-11H2,1-2H3. The van der Waals surface area contributed by atoms with Gasteiger partial charge in [-0.2, -0.15) is 0 Å². The van der Waals surface area contributed by atoms with E-state index in [1.54, 1.807) is 11.3 Å². The molecular formula is C16H25NO2S. The molecular weight excluding hydrogens is 270 g/mol. The normalized spacial score (nSPS) is 22.7. The molecule has 4 heteroatoms. The van der Waals surface area contributed by atoms with Crippen molar-refractivity contribution in [1.82, 2.24) is 5.32 Å². The van der Waals surface area contributed by atoms with Gasteiger partial charge < -0.3 is 10.1 Å². The molecule has 1 heterocycles. The highest BCUT2D eigenvalue weighted by atomic mass is 32.1. The molecule has 0 aliphatic heterocycles. The highest BCUT2D eigenvalue weighted by Crippen LogP contribution is 2.27. The number of carbonyl (C=O) groups is 1. The van der Waals surface area contributed by atoms with Crippen LogP contribution in [0.1, 0.15) is 48.8 Å². The molecule has 1 aliphatic rings. The molecule has 1 N–H and O–H groups in total. The Morgan fingerprint density at radius 3 is 2.65 bits per heavy atom. The highest BCUT2D eigenvalue weighted by molar-refractivity contribution is 7.12. The zero-order valence-electron chi connectivity index (χ0n) is 12.5. The third-order valence-corrected chi connectivity index (χ3v) is 5.34. The fourth-order valence-electron chi connectivity index (χ4n) is 2.85. The molecule has 0 amide bonds. The molecule has 20 heavy (non-hydrogen) atoms. The minimum atomic E-state index is -0.163. The molecule has 0 aromatic carbocycles. The van der Waals surface area contributed by atoms with Gasteiger partial charge in [0.1, 0.15) is 0 Å². The number of esters is 1. The Labute approximate surface area is 125 Å². The average molecular weight is 295 g/mol. The van der Waals surface area contributed by atoms with Crippen molar-refractivity contribution in [3.05, 3.63) is 21.9 Å². The second-order valence-corrected chi connectivity index (χ2v) is 6.88. The lowest BCUT2D eigenvalue weighted by atomic mass is 9.84. The summed E-state index contributed by atoms with van der Waals surface area (Å²) in [6, 6.07) is 4.82. The molecule has 1 aromatic rings. The van der Waals surface area contributed by atoms with Gasteiger partial charge >= 0.3 is 5.97 Å². The Hall–Kier alpha value is -0.870. The van der Waals surface area contributed by atoms with Gasteiger partial charge in [-0.1, -0.05) is 13.3 Å². The first-order chi connectivity index (χ1) is 9.71. The van der Waals surface area contributed by atoms with E-state index in [2.05, 4.69) is 18.3 Å². The van der Waals surface area contributed by atoms with E-state index in [0.717, 1.165) is 17.3 Å². The summed E-state index contributed by atoms with van der Waals surface area (Å²) in [4.78, 5) is 13.6. The van der Waals surface area contributed by atoms with Crippen molar-refractivity contribution < 1.29 is 9.53 Å². The molecule has 0 radical (unpaired) electrons. The Balaban J connectivity index is 1.73. The summed E-state index contributed by atoms with van der Waals surface area (Å²) in [5.41, 5.74) is 0. The molecule has 0 bridgehead atoms. The Kier molecular flexibility index (Phi) is 6.05. The number of nitrogens with one attached hydrogen (secondary N) is 1. The largest absolute Gasteiger partial charge is 0.469 e. The van der Waals surface area contributed by atoms with Crippen molar-refractivity contribution in [3.63, 3.8) is 0 Å². The number of carbonyl (C=O) groups excluding carboxylic acids is 1. The van der Waals surface area contributed by atoms with Crippen molar-refractivity contribution in [2.45, 2.75) is 58.0 Å². The van der Waals surface area contributed by atoms with Gasteiger partial charge in [0.15, 0.2) is 0 Å². The summed E-state index contributed by atoms with van der Waals surface area (Å²) in [5.74, 6) is 0.783. The number of hydrogen-bond donors (Lipinski definition) is 1. The van der Waals surface area contributed by atoms with E-state index in [1.165, 1.54) is 44.1 Å². The molecule has 2 rings (SSSR count). The Bertz CT molecular complexity index is 422. The number of hydrogen-bond acceptors (Lipinski definition) is 4. The minimum absolute atomic E-state index is 0.163. The van der Waals surface area contributed by atoms with Gasteiger partial charge in [-0.05, 0) is 43.7 Å². The predicted molar refractivity (Wildman–Crippen MR) is 82.9 cm³/mol. The van der Waals surface area contributed by atoms with Gasteiger partial charge in [-0.3, -0.25) is 4.79 Å². The van der Waals surface area contributed by atoms with Crippen LogP contribution in [0.3, 0.4) is 0 Å². The number of methoxy groups -OCH3 is 1. The molecule has 1 aromatic heterocycles. The van der Waals surface area contributed by atoms with Crippen LogP contribution in [-0.2, 0) is 22.5 Å². The summed E-state index contributed by atoms with van der Waals surface area (Å²) in [6.45, 7) is 3.22. The van der Waals surface area contributed by atoms with Gasteiger partial charge in [0.05, 0.1) is 13.5 Å². The van der Waals surface area contributed by atoms with Crippen LogP contribution in [0, 0.1) is 5.92 Å².